The Morgan fingerprint density at radius 2 is 1.81 bits per heavy atom. The van der Waals surface area contributed by atoms with Crippen molar-refractivity contribution in [3.05, 3.63) is 88.9 Å². The number of pyridine rings is 1. The molecular weight excluding hydrogens is 490 g/mol. The van der Waals surface area contributed by atoms with Crippen molar-refractivity contribution in [2.24, 2.45) is 7.05 Å². The quantitative estimate of drug-likeness (QED) is 0.310. The molecule has 4 aromatic rings. The Kier molecular flexibility index (Phi) is 7.25. The maximum atomic E-state index is 15.0. The molecule has 1 amide bonds. The minimum Gasteiger partial charge on any atom is -0.394 e. The van der Waals surface area contributed by atoms with Crippen LogP contribution < -0.4 is 11.1 Å². The second-order valence-electron chi connectivity index (χ2n) is 8.41. The van der Waals surface area contributed by atoms with Crippen LogP contribution in [0.15, 0.2) is 54.9 Å². The van der Waals surface area contributed by atoms with Gasteiger partial charge < -0.3 is 16.2 Å². The number of nitrogens with two attached hydrogens (primary N) is 1. The average Bonchev–Trinajstić information content (AvgIpc) is 3.20. The van der Waals surface area contributed by atoms with Crippen LogP contribution in [0.2, 0.25) is 0 Å². The van der Waals surface area contributed by atoms with Gasteiger partial charge in [0.15, 0.2) is 0 Å². The van der Waals surface area contributed by atoms with E-state index in [4.69, 9.17) is 5.73 Å². The Morgan fingerprint density at radius 3 is 2.41 bits per heavy atom. The van der Waals surface area contributed by atoms with Gasteiger partial charge in [0.25, 0.3) is 12.3 Å². The number of halogens is 4. The van der Waals surface area contributed by atoms with Crippen molar-refractivity contribution >= 4 is 11.7 Å². The largest absolute Gasteiger partial charge is 0.394 e. The van der Waals surface area contributed by atoms with E-state index >= 15 is 4.39 Å². The first kappa shape index (κ1) is 25.8. The number of anilines is 1. The van der Waals surface area contributed by atoms with Gasteiger partial charge >= 0.3 is 0 Å². The highest BCUT2D eigenvalue weighted by atomic mass is 19.3. The lowest BCUT2D eigenvalue weighted by Crippen LogP contribution is -2.31. The van der Waals surface area contributed by atoms with Crippen molar-refractivity contribution in [2.45, 2.75) is 19.4 Å². The fraction of sp³-hybridized carbons (Fsp3) is 0.192. The number of carbonyl (C=O) groups is 1. The van der Waals surface area contributed by atoms with Crippen molar-refractivity contribution in [1.29, 1.82) is 0 Å². The van der Waals surface area contributed by atoms with Crippen LogP contribution in [0.25, 0.3) is 22.3 Å². The number of aliphatic hydroxyl groups excluding tert-OH is 1. The molecule has 0 saturated heterocycles. The lowest BCUT2D eigenvalue weighted by molar-refractivity contribution is 0.0911. The first-order valence-corrected chi connectivity index (χ1v) is 11.1. The molecule has 2 aromatic heterocycles. The van der Waals surface area contributed by atoms with Crippen LogP contribution in [0.4, 0.5) is 23.4 Å². The second-order valence-corrected chi connectivity index (χ2v) is 8.41. The monoisotopic (exact) mass is 513 g/mol. The zero-order valence-corrected chi connectivity index (χ0v) is 19.8. The SMILES string of the molecule is Cc1c(-c2cnc(N)c(-c3ccc(C(=O)N[C@H](CO)c4ccc(C(F)F)c(F)c4)c(F)c3)c2)cnn1C. The summed E-state index contributed by atoms with van der Waals surface area (Å²) in [5.74, 6) is -2.76. The van der Waals surface area contributed by atoms with Crippen molar-refractivity contribution in [2.75, 3.05) is 12.3 Å². The molecule has 0 bridgehead atoms. The van der Waals surface area contributed by atoms with Gasteiger partial charge in [-0.1, -0.05) is 18.2 Å². The highest BCUT2D eigenvalue weighted by Gasteiger charge is 2.21. The summed E-state index contributed by atoms with van der Waals surface area (Å²) in [5, 5.41) is 16.3. The third-order valence-electron chi connectivity index (χ3n) is 6.14. The van der Waals surface area contributed by atoms with Crippen LogP contribution in [0.5, 0.6) is 0 Å². The lowest BCUT2D eigenvalue weighted by Gasteiger charge is -2.18. The van der Waals surface area contributed by atoms with Gasteiger partial charge in [-0.15, -0.1) is 0 Å². The predicted molar refractivity (Wildman–Crippen MR) is 130 cm³/mol. The maximum Gasteiger partial charge on any atom is 0.266 e. The summed E-state index contributed by atoms with van der Waals surface area (Å²) >= 11 is 0. The normalized spacial score (nSPS) is 12.1. The Balaban J connectivity index is 1.59. The van der Waals surface area contributed by atoms with Crippen molar-refractivity contribution in [3.8, 4) is 22.3 Å². The van der Waals surface area contributed by atoms with Crippen LogP contribution >= 0.6 is 0 Å². The Morgan fingerprint density at radius 1 is 1.05 bits per heavy atom. The number of nitrogens with one attached hydrogen (secondary N) is 1. The molecule has 0 unspecified atom stereocenters. The van der Waals surface area contributed by atoms with Gasteiger partial charge in [0.2, 0.25) is 0 Å². The molecule has 0 spiro atoms. The number of aliphatic hydroxyl groups is 1. The number of rotatable bonds is 7. The van der Waals surface area contributed by atoms with E-state index in [1.165, 1.54) is 12.1 Å². The van der Waals surface area contributed by atoms with E-state index in [2.05, 4.69) is 15.4 Å². The molecule has 0 aliphatic carbocycles. The number of hydrogen-bond donors (Lipinski definition) is 3. The van der Waals surface area contributed by atoms with Gasteiger partial charge in [0.05, 0.1) is 30.0 Å². The molecule has 0 radical (unpaired) electrons. The number of amides is 1. The molecule has 4 rings (SSSR count). The van der Waals surface area contributed by atoms with E-state index in [-0.39, 0.29) is 16.9 Å². The fourth-order valence-electron chi connectivity index (χ4n) is 3.91. The number of aryl methyl sites for hydroxylation is 1. The van der Waals surface area contributed by atoms with Crippen LogP contribution in [0, 0.1) is 18.6 Å². The van der Waals surface area contributed by atoms with Gasteiger partial charge in [-0.3, -0.25) is 9.48 Å². The molecule has 2 heterocycles. The number of aromatic nitrogens is 3. The van der Waals surface area contributed by atoms with Gasteiger partial charge in [-0.25, -0.2) is 22.5 Å². The Bertz CT molecular complexity index is 1470. The van der Waals surface area contributed by atoms with Crippen LogP contribution in [0.3, 0.4) is 0 Å². The molecule has 7 nitrogen and oxygen atoms in total. The predicted octanol–water partition coefficient (Wildman–Crippen LogP) is 4.72. The summed E-state index contributed by atoms with van der Waals surface area (Å²) < 4.78 is 56.3. The van der Waals surface area contributed by atoms with E-state index in [1.54, 1.807) is 30.2 Å². The van der Waals surface area contributed by atoms with Crippen molar-refractivity contribution in [3.63, 3.8) is 0 Å². The first-order chi connectivity index (χ1) is 17.6. The van der Waals surface area contributed by atoms with E-state index in [0.29, 0.717) is 11.1 Å². The van der Waals surface area contributed by atoms with E-state index in [0.717, 1.165) is 41.1 Å². The Hall–Kier alpha value is -4.25. The summed E-state index contributed by atoms with van der Waals surface area (Å²) in [7, 11) is 1.81. The van der Waals surface area contributed by atoms with E-state index in [1.807, 2.05) is 6.92 Å². The van der Waals surface area contributed by atoms with E-state index < -0.39 is 42.2 Å². The third-order valence-corrected chi connectivity index (χ3v) is 6.14. The Labute approximate surface area is 209 Å². The second kappa shape index (κ2) is 10.4. The molecule has 2 aromatic carbocycles. The molecule has 0 fully saturated rings. The average molecular weight is 513 g/mol. The molecule has 4 N–H and O–H groups in total. The molecule has 11 heteroatoms. The van der Waals surface area contributed by atoms with Crippen LogP contribution in [-0.2, 0) is 7.05 Å². The van der Waals surface area contributed by atoms with Crippen LogP contribution in [-0.4, -0.2) is 32.4 Å². The third kappa shape index (κ3) is 5.17. The van der Waals surface area contributed by atoms with Gasteiger partial charge in [-0.2, -0.15) is 5.10 Å². The smallest absolute Gasteiger partial charge is 0.266 e. The molecular formula is C26H23F4N5O2. The standard InChI is InChI=1S/C26H23F4N5O2/c1-13-20(11-33-35(13)2)16-7-19(25(31)32-10-16)14-3-6-18(22(28)8-14)26(37)34-23(12-36)15-4-5-17(24(29)30)21(27)9-15/h3-11,23-24,36H,12H2,1-2H3,(H2,31,32)(H,34,37)/t23-/m1/s1. The summed E-state index contributed by atoms with van der Waals surface area (Å²) in [6, 6.07) is 7.32. The van der Waals surface area contributed by atoms with Gasteiger partial charge in [0.1, 0.15) is 17.5 Å². The highest BCUT2D eigenvalue weighted by molar-refractivity contribution is 5.95. The maximum absolute atomic E-state index is 15.0. The molecule has 192 valence electrons. The van der Waals surface area contributed by atoms with Crippen molar-refractivity contribution in [1.82, 2.24) is 20.1 Å². The zero-order chi connectivity index (χ0) is 26.9. The number of hydrogen-bond acceptors (Lipinski definition) is 5. The molecule has 1 atom stereocenters. The summed E-state index contributed by atoms with van der Waals surface area (Å²) in [5.41, 5.74) is 8.25. The summed E-state index contributed by atoms with van der Waals surface area (Å²) in [4.78, 5) is 17.0. The van der Waals surface area contributed by atoms with E-state index in [9.17, 15) is 23.1 Å². The molecule has 37 heavy (non-hydrogen) atoms. The molecule has 0 aliphatic heterocycles. The number of nitrogen functional groups attached to an aromatic ring is 1. The molecule has 0 aliphatic rings. The van der Waals surface area contributed by atoms with Crippen molar-refractivity contribution < 1.29 is 27.5 Å². The topological polar surface area (TPSA) is 106 Å². The summed E-state index contributed by atoms with van der Waals surface area (Å²) in [6.45, 7) is 1.23. The van der Waals surface area contributed by atoms with Gasteiger partial charge in [-0.05, 0) is 42.3 Å². The first-order valence-electron chi connectivity index (χ1n) is 11.1. The van der Waals surface area contributed by atoms with Gasteiger partial charge in [0, 0.05) is 35.6 Å². The zero-order valence-electron chi connectivity index (χ0n) is 19.8. The minimum absolute atomic E-state index is 0.0520. The minimum atomic E-state index is -3.01. The highest BCUT2D eigenvalue weighted by Crippen LogP contribution is 2.32. The summed E-state index contributed by atoms with van der Waals surface area (Å²) in [6.07, 6.45) is 0.263. The number of carbonyl (C=O) groups excluding carboxylic acids is 1. The lowest BCUT2D eigenvalue weighted by atomic mass is 9.99. The number of benzene rings is 2. The molecule has 0 saturated carbocycles. The van der Waals surface area contributed by atoms with Crippen LogP contribution in [0.1, 0.15) is 39.6 Å². The fourth-order valence-corrected chi connectivity index (χ4v) is 3.91. The number of alkyl halides is 2. The number of nitrogens with zero attached hydrogens (tertiary/aromatic N) is 3.